The van der Waals surface area contributed by atoms with Gasteiger partial charge in [-0.15, -0.1) is 0 Å². The van der Waals surface area contributed by atoms with Crippen molar-refractivity contribution in [2.75, 3.05) is 0 Å². The third-order valence-electron chi connectivity index (χ3n) is 0. The standard InChI is InChI=1S/Mg.H3N.H2O.H4Si.2H/h;1H3;1H2;1H4;;/q+2;;;;2*-1. The normalized spacial score (nSPS) is 0. The van der Waals surface area contributed by atoms with Crippen LogP contribution in [0, 0.1) is 0 Å². The molecular formula is H11MgNOSi. The molecule has 0 aromatic carbocycles. The van der Waals surface area contributed by atoms with E-state index in [2.05, 4.69) is 0 Å². The number of hydrogen-bond acceptors (Lipinski definition) is 1. The summed E-state index contributed by atoms with van der Waals surface area (Å²) in [5, 5.41) is 0. The molecule has 0 rings (SSSR count). The minimum absolute atomic E-state index is 0. The summed E-state index contributed by atoms with van der Waals surface area (Å²) >= 11 is 0. The van der Waals surface area contributed by atoms with Crippen molar-refractivity contribution in [3.63, 3.8) is 0 Å². The van der Waals surface area contributed by atoms with Crippen molar-refractivity contribution in [2.24, 2.45) is 0 Å². The third kappa shape index (κ3) is 12.9. The Bertz CT molecular complexity index is 13.5. The fraction of sp³-hybridized carbons (Fsp3) is 0. The molecule has 4 heavy (non-hydrogen) atoms. The van der Waals surface area contributed by atoms with Gasteiger partial charge in [0.15, 0.2) is 0 Å². The molecule has 0 heterocycles. The fourth-order valence-electron chi connectivity index (χ4n) is 0. The van der Waals surface area contributed by atoms with E-state index in [9.17, 15) is 0 Å². The molecule has 0 aromatic rings. The monoisotopic (exact) mass is 93.0 g/mol. The van der Waals surface area contributed by atoms with Gasteiger partial charge in [0.2, 0.25) is 0 Å². The molecule has 28 valence electrons. The Balaban J connectivity index is 0. The zero-order valence-corrected chi connectivity index (χ0v) is 3.33. The Morgan fingerprint density at radius 2 is 1.25 bits per heavy atom. The Hall–Kier alpha value is 0.903. The molecular weight excluding hydrogens is 82.4 g/mol. The largest absolute Gasteiger partial charge is 2.00 e. The van der Waals surface area contributed by atoms with Gasteiger partial charge in [-0.1, -0.05) is 0 Å². The second-order valence-corrected chi connectivity index (χ2v) is 0. The van der Waals surface area contributed by atoms with Gasteiger partial charge in [-0.05, 0) is 11.0 Å². The Morgan fingerprint density at radius 3 is 1.25 bits per heavy atom. The Kier molecular flexibility index (Phi) is 923. The van der Waals surface area contributed by atoms with Gasteiger partial charge in [-0.25, -0.2) is 0 Å². The first kappa shape index (κ1) is 91.6. The van der Waals surface area contributed by atoms with Crippen LogP contribution in [0.2, 0.25) is 0 Å². The zero-order valence-electron chi connectivity index (χ0n) is 3.91. The quantitative estimate of drug-likeness (QED) is 0.337. The predicted octanol–water partition coefficient (Wildman–Crippen LogP) is -2.27. The molecule has 0 bridgehead atoms. The molecule has 2 nitrogen and oxygen atoms in total. The van der Waals surface area contributed by atoms with Gasteiger partial charge in [0.05, 0.1) is 0 Å². The summed E-state index contributed by atoms with van der Waals surface area (Å²) in [4.78, 5) is 0. The summed E-state index contributed by atoms with van der Waals surface area (Å²) in [7, 11) is 0. The van der Waals surface area contributed by atoms with E-state index in [0.717, 1.165) is 0 Å². The molecule has 0 amide bonds. The van der Waals surface area contributed by atoms with Gasteiger partial charge >= 0.3 is 23.1 Å². The van der Waals surface area contributed by atoms with Gasteiger partial charge in [-0.3, -0.25) is 0 Å². The summed E-state index contributed by atoms with van der Waals surface area (Å²) in [5.74, 6) is 0. The number of rotatable bonds is 0. The molecule has 0 unspecified atom stereocenters. The Labute approximate surface area is 49.0 Å². The summed E-state index contributed by atoms with van der Waals surface area (Å²) < 4.78 is 0. The van der Waals surface area contributed by atoms with E-state index < -0.39 is 0 Å². The first-order valence-electron chi connectivity index (χ1n) is 0. The van der Waals surface area contributed by atoms with Crippen molar-refractivity contribution < 1.29 is 8.33 Å². The van der Waals surface area contributed by atoms with Crippen molar-refractivity contribution in [1.29, 1.82) is 0 Å². The molecule has 0 fully saturated rings. The topological polar surface area (TPSA) is 66.5 Å². The van der Waals surface area contributed by atoms with Crippen LogP contribution in [-0.4, -0.2) is 39.5 Å². The van der Waals surface area contributed by atoms with E-state index >= 15 is 0 Å². The van der Waals surface area contributed by atoms with Crippen LogP contribution >= 0.6 is 0 Å². The van der Waals surface area contributed by atoms with E-state index in [4.69, 9.17) is 0 Å². The molecule has 0 aliphatic carbocycles. The van der Waals surface area contributed by atoms with Crippen LogP contribution in [0.25, 0.3) is 0 Å². The molecule has 0 aliphatic heterocycles. The first-order valence-corrected chi connectivity index (χ1v) is 0. The van der Waals surface area contributed by atoms with E-state index in [-0.39, 0.29) is 48.5 Å². The summed E-state index contributed by atoms with van der Waals surface area (Å²) in [5.41, 5.74) is 0. The van der Waals surface area contributed by atoms with Crippen molar-refractivity contribution in [1.82, 2.24) is 6.15 Å². The van der Waals surface area contributed by atoms with E-state index in [1.807, 2.05) is 0 Å². The SMILES string of the molecule is N.O.[H-].[H-].[Mg+2].[SiH4]. The summed E-state index contributed by atoms with van der Waals surface area (Å²) in [6.45, 7) is 0. The average molecular weight is 93.5 g/mol. The van der Waals surface area contributed by atoms with Crippen LogP contribution in [0.3, 0.4) is 0 Å². The predicted molar refractivity (Wildman–Crippen MR) is 27.9 cm³/mol. The van der Waals surface area contributed by atoms with Crippen molar-refractivity contribution in [2.45, 2.75) is 0 Å². The van der Waals surface area contributed by atoms with E-state index in [1.165, 1.54) is 0 Å². The minimum Gasteiger partial charge on any atom is -1.00 e. The van der Waals surface area contributed by atoms with Crippen molar-refractivity contribution >= 4 is 34.0 Å². The van der Waals surface area contributed by atoms with E-state index in [0.29, 0.717) is 0 Å². The van der Waals surface area contributed by atoms with Crippen molar-refractivity contribution in [3.05, 3.63) is 0 Å². The molecule has 0 atom stereocenters. The second-order valence-electron chi connectivity index (χ2n) is 0. The first-order chi connectivity index (χ1) is 0. The smallest absolute Gasteiger partial charge is 1.00 e. The molecule has 0 aliphatic rings. The van der Waals surface area contributed by atoms with Crippen molar-refractivity contribution in [3.8, 4) is 0 Å². The third-order valence-corrected chi connectivity index (χ3v) is 0. The molecule has 5 N–H and O–H groups in total. The maximum Gasteiger partial charge on any atom is 2.00 e. The molecule has 0 saturated heterocycles. The second kappa shape index (κ2) is 40.3. The van der Waals surface area contributed by atoms with Gasteiger partial charge in [0.1, 0.15) is 0 Å². The fourth-order valence-corrected chi connectivity index (χ4v) is 0. The zero-order chi connectivity index (χ0) is 0. The summed E-state index contributed by atoms with van der Waals surface area (Å²) in [6, 6.07) is 0. The Morgan fingerprint density at radius 1 is 1.25 bits per heavy atom. The molecule has 0 saturated carbocycles. The molecule has 0 spiro atoms. The number of hydrogen-bond donors (Lipinski definition) is 1. The summed E-state index contributed by atoms with van der Waals surface area (Å²) in [6.07, 6.45) is 0. The van der Waals surface area contributed by atoms with Gasteiger partial charge in [-0.2, -0.15) is 0 Å². The van der Waals surface area contributed by atoms with Crippen LogP contribution in [0.4, 0.5) is 0 Å². The average Bonchev–Trinajstić information content (AvgIpc) is 0. The molecule has 0 aromatic heterocycles. The van der Waals surface area contributed by atoms with Gasteiger partial charge in [0, 0.05) is 0 Å². The maximum absolute atomic E-state index is 0. The van der Waals surface area contributed by atoms with E-state index in [1.54, 1.807) is 0 Å². The maximum atomic E-state index is 0. The van der Waals surface area contributed by atoms with Gasteiger partial charge in [0.25, 0.3) is 0 Å². The molecule has 4 heteroatoms. The van der Waals surface area contributed by atoms with Crippen LogP contribution in [-0.2, 0) is 0 Å². The van der Waals surface area contributed by atoms with Crippen LogP contribution < -0.4 is 6.15 Å². The van der Waals surface area contributed by atoms with Crippen LogP contribution in [0.1, 0.15) is 2.85 Å². The van der Waals surface area contributed by atoms with Gasteiger partial charge < -0.3 is 14.5 Å². The minimum atomic E-state index is 0. The molecule has 0 radical (unpaired) electrons. The van der Waals surface area contributed by atoms with Crippen LogP contribution in [0.5, 0.6) is 0 Å². The van der Waals surface area contributed by atoms with Crippen LogP contribution in [0.15, 0.2) is 0 Å².